The van der Waals surface area contributed by atoms with Gasteiger partial charge in [-0.2, -0.15) is 0 Å². The summed E-state index contributed by atoms with van der Waals surface area (Å²) in [6.45, 7) is -1.38. The summed E-state index contributed by atoms with van der Waals surface area (Å²) in [6, 6.07) is 2.91. The van der Waals surface area contributed by atoms with Crippen LogP contribution in [-0.2, 0) is 0 Å². The van der Waals surface area contributed by atoms with Crippen LogP contribution in [0, 0.1) is 0 Å². The van der Waals surface area contributed by atoms with Crippen LogP contribution >= 0.6 is 23.2 Å². The van der Waals surface area contributed by atoms with Crippen molar-refractivity contribution in [3.05, 3.63) is 22.2 Å². The molecular formula is C10H14Cl2N2O3. The Kier molecular flexibility index (Phi) is 4.85. The number of aliphatic hydroxyl groups excluding tert-OH is 3. The molecule has 17 heavy (non-hydrogen) atoms. The Hall–Kier alpha value is -0.720. The Morgan fingerprint density at radius 2 is 1.53 bits per heavy atom. The first kappa shape index (κ1) is 14.3. The number of halogens is 2. The van der Waals surface area contributed by atoms with Gasteiger partial charge in [-0.1, -0.05) is 23.2 Å². The van der Waals surface area contributed by atoms with Gasteiger partial charge in [-0.3, -0.25) is 0 Å². The van der Waals surface area contributed by atoms with E-state index >= 15 is 0 Å². The molecule has 0 unspecified atom stereocenters. The number of nitrogens with one attached hydrogen (secondary N) is 1. The highest BCUT2D eigenvalue weighted by atomic mass is 35.5. The molecule has 1 aromatic carbocycles. The lowest BCUT2D eigenvalue weighted by atomic mass is 10.0. The number of hydrogen-bond donors (Lipinski definition) is 5. The van der Waals surface area contributed by atoms with Crippen molar-refractivity contribution < 1.29 is 15.3 Å². The van der Waals surface area contributed by atoms with Crippen LogP contribution in [-0.4, -0.2) is 40.7 Å². The van der Waals surface area contributed by atoms with Gasteiger partial charge >= 0.3 is 0 Å². The molecule has 0 aromatic heterocycles. The number of nitrogen functional groups attached to an aromatic ring is 1. The largest absolute Gasteiger partial charge is 0.397 e. The summed E-state index contributed by atoms with van der Waals surface area (Å²) in [5.41, 5.74) is 5.14. The van der Waals surface area contributed by atoms with Gasteiger partial charge in [-0.15, -0.1) is 0 Å². The summed E-state index contributed by atoms with van der Waals surface area (Å²) in [5, 5.41) is 30.9. The lowest BCUT2D eigenvalue weighted by molar-refractivity contribution is 0.0834. The van der Waals surface area contributed by atoms with Crippen LogP contribution in [0.25, 0.3) is 0 Å². The maximum absolute atomic E-state index is 9.17. The Morgan fingerprint density at radius 3 is 2.00 bits per heavy atom. The van der Waals surface area contributed by atoms with Crippen molar-refractivity contribution in [3.63, 3.8) is 0 Å². The number of rotatable bonds is 5. The zero-order valence-corrected chi connectivity index (χ0v) is 10.5. The summed E-state index contributed by atoms with van der Waals surface area (Å²) < 4.78 is 0. The monoisotopic (exact) mass is 280 g/mol. The molecule has 1 aromatic rings. The molecule has 0 radical (unpaired) electrons. The van der Waals surface area contributed by atoms with E-state index in [0.29, 0.717) is 16.4 Å². The Bertz CT molecular complexity index is 389. The van der Waals surface area contributed by atoms with Gasteiger partial charge in [0, 0.05) is 0 Å². The van der Waals surface area contributed by atoms with Crippen LogP contribution < -0.4 is 11.1 Å². The van der Waals surface area contributed by atoms with Crippen LogP contribution in [0.1, 0.15) is 0 Å². The first-order chi connectivity index (χ1) is 7.98. The van der Waals surface area contributed by atoms with E-state index in [1.807, 2.05) is 0 Å². The number of aliphatic hydroxyl groups is 3. The van der Waals surface area contributed by atoms with Crippen LogP contribution in [0.15, 0.2) is 12.1 Å². The summed E-state index contributed by atoms with van der Waals surface area (Å²) in [7, 11) is 0. The predicted octanol–water partition coefficient (Wildman–Crippen LogP) is 0.703. The van der Waals surface area contributed by atoms with Crippen molar-refractivity contribution in [1.82, 2.24) is 0 Å². The molecule has 0 amide bonds. The number of benzene rings is 1. The first-order valence-electron chi connectivity index (χ1n) is 4.83. The predicted molar refractivity (Wildman–Crippen MR) is 68.5 cm³/mol. The zero-order valence-electron chi connectivity index (χ0n) is 8.95. The molecule has 0 aliphatic carbocycles. The van der Waals surface area contributed by atoms with Crippen molar-refractivity contribution in [3.8, 4) is 0 Å². The molecule has 5 nitrogen and oxygen atoms in total. The molecule has 1 rings (SSSR count). The number of hydrogen-bond acceptors (Lipinski definition) is 5. The van der Waals surface area contributed by atoms with Crippen molar-refractivity contribution in [2.24, 2.45) is 0 Å². The molecule has 0 spiro atoms. The van der Waals surface area contributed by atoms with Gasteiger partial charge in [-0.05, 0) is 12.1 Å². The Labute approximate surface area is 109 Å². The summed E-state index contributed by atoms with van der Waals surface area (Å²) in [6.07, 6.45) is 0. The SMILES string of the molecule is Nc1cc(Cl)c(Cl)cc1NC(CO)(CO)CO. The first-order valence-corrected chi connectivity index (χ1v) is 5.59. The highest BCUT2D eigenvalue weighted by molar-refractivity contribution is 6.42. The van der Waals surface area contributed by atoms with Gasteiger partial charge in [0.2, 0.25) is 0 Å². The third-order valence-electron chi connectivity index (χ3n) is 2.40. The lowest BCUT2D eigenvalue weighted by Crippen LogP contribution is -2.49. The minimum absolute atomic E-state index is 0.283. The van der Waals surface area contributed by atoms with E-state index < -0.39 is 25.4 Å². The van der Waals surface area contributed by atoms with E-state index in [4.69, 9.17) is 28.9 Å². The summed E-state index contributed by atoms with van der Waals surface area (Å²) in [5.74, 6) is 0. The lowest BCUT2D eigenvalue weighted by Gasteiger charge is -2.30. The smallest absolute Gasteiger partial charge is 0.107 e. The van der Waals surface area contributed by atoms with E-state index in [9.17, 15) is 15.3 Å². The fraction of sp³-hybridized carbons (Fsp3) is 0.400. The molecule has 0 bridgehead atoms. The number of nitrogens with two attached hydrogens (primary N) is 1. The fourth-order valence-corrected chi connectivity index (χ4v) is 1.56. The zero-order chi connectivity index (χ0) is 13.1. The van der Waals surface area contributed by atoms with Gasteiger partial charge in [-0.25, -0.2) is 0 Å². The fourth-order valence-electron chi connectivity index (χ4n) is 1.22. The average Bonchev–Trinajstić information content (AvgIpc) is 2.33. The molecule has 0 saturated carbocycles. The van der Waals surface area contributed by atoms with E-state index in [0.717, 1.165) is 0 Å². The minimum Gasteiger partial charge on any atom is -0.397 e. The van der Waals surface area contributed by atoms with Gasteiger partial charge in [0.15, 0.2) is 0 Å². The van der Waals surface area contributed by atoms with E-state index in [1.54, 1.807) is 0 Å². The molecule has 7 heteroatoms. The van der Waals surface area contributed by atoms with E-state index in [1.165, 1.54) is 12.1 Å². The van der Waals surface area contributed by atoms with Crippen LogP contribution in [0.2, 0.25) is 10.0 Å². The van der Waals surface area contributed by atoms with Gasteiger partial charge in [0.25, 0.3) is 0 Å². The van der Waals surface area contributed by atoms with Crippen molar-refractivity contribution in [2.45, 2.75) is 5.54 Å². The topological polar surface area (TPSA) is 98.7 Å². The van der Waals surface area contributed by atoms with Crippen molar-refractivity contribution in [1.29, 1.82) is 0 Å². The van der Waals surface area contributed by atoms with Gasteiger partial charge in [0.1, 0.15) is 5.54 Å². The second-order valence-electron chi connectivity index (χ2n) is 3.73. The molecular weight excluding hydrogens is 267 g/mol. The normalized spacial score (nSPS) is 11.6. The third-order valence-corrected chi connectivity index (χ3v) is 3.12. The highest BCUT2D eigenvalue weighted by Crippen LogP contribution is 2.32. The molecule has 0 heterocycles. The maximum Gasteiger partial charge on any atom is 0.107 e. The summed E-state index contributed by atoms with van der Waals surface area (Å²) in [4.78, 5) is 0. The van der Waals surface area contributed by atoms with E-state index in [-0.39, 0.29) is 5.02 Å². The standard InChI is InChI=1S/C10H14Cl2N2O3/c11-6-1-8(13)9(2-7(6)12)14-10(3-15,4-16)5-17/h1-2,14-17H,3-5,13H2. The maximum atomic E-state index is 9.17. The van der Waals surface area contributed by atoms with Crippen LogP contribution in [0.4, 0.5) is 11.4 Å². The third kappa shape index (κ3) is 3.14. The van der Waals surface area contributed by atoms with Crippen LogP contribution in [0.3, 0.4) is 0 Å². The highest BCUT2D eigenvalue weighted by Gasteiger charge is 2.28. The average molecular weight is 281 g/mol. The second-order valence-corrected chi connectivity index (χ2v) is 4.55. The van der Waals surface area contributed by atoms with E-state index in [2.05, 4.69) is 5.32 Å². The Balaban J connectivity index is 3.05. The second kappa shape index (κ2) is 5.75. The molecule has 0 saturated heterocycles. The minimum atomic E-state index is -1.26. The molecule has 0 atom stereocenters. The van der Waals surface area contributed by atoms with Gasteiger partial charge < -0.3 is 26.4 Å². The quantitative estimate of drug-likeness (QED) is 0.512. The van der Waals surface area contributed by atoms with Crippen LogP contribution in [0.5, 0.6) is 0 Å². The molecule has 0 aliphatic heterocycles. The molecule has 6 N–H and O–H groups in total. The number of anilines is 2. The molecule has 0 fully saturated rings. The molecule has 0 aliphatic rings. The van der Waals surface area contributed by atoms with Crippen molar-refractivity contribution >= 4 is 34.6 Å². The summed E-state index contributed by atoms with van der Waals surface area (Å²) >= 11 is 11.6. The van der Waals surface area contributed by atoms with Crippen molar-refractivity contribution in [2.75, 3.05) is 30.9 Å². The molecule has 96 valence electrons. The Morgan fingerprint density at radius 1 is 1.06 bits per heavy atom. The van der Waals surface area contributed by atoms with Gasteiger partial charge in [0.05, 0.1) is 41.2 Å².